The summed E-state index contributed by atoms with van der Waals surface area (Å²) in [5.74, 6) is 0. The summed E-state index contributed by atoms with van der Waals surface area (Å²) in [6, 6.07) is 20.9. The fraction of sp³-hybridized carbons (Fsp3) is 0.538. The second kappa shape index (κ2) is 16.3. The smallest absolute Gasteiger partial charge is 0.0716 e. The lowest BCUT2D eigenvalue weighted by molar-refractivity contribution is 0.116. The Kier molecular flexibility index (Phi) is 13.2. The Hall–Kier alpha value is -1.64. The molecule has 0 atom stereocenters. The first-order chi connectivity index (χ1) is 13.9. The average Bonchev–Trinajstić information content (AvgIpc) is 2.75. The van der Waals surface area contributed by atoms with Crippen molar-refractivity contribution >= 4 is 0 Å². The van der Waals surface area contributed by atoms with Crippen LogP contribution in [-0.2, 0) is 22.7 Å². The predicted molar refractivity (Wildman–Crippen MR) is 118 cm³/mol. The normalized spacial score (nSPS) is 11.0. The molecule has 0 heterocycles. The third-order valence-corrected chi connectivity index (χ3v) is 5.05. The van der Waals surface area contributed by atoms with Gasteiger partial charge in [-0.2, -0.15) is 0 Å². The van der Waals surface area contributed by atoms with Gasteiger partial charge in [0.05, 0.1) is 13.2 Å². The van der Waals surface area contributed by atoms with E-state index >= 15 is 0 Å². The third kappa shape index (κ3) is 11.9. The van der Waals surface area contributed by atoms with Crippen LogP contribution in [0.3, 0.4) is 0 Å². The number of unbranched alkanes of at least 4 members (excludes halogenated alkanes) is 9. The van der Waals surface area contributed by atoms with Crippen molar-refractivity contribution in [3.05, 3.63) is 71.8 Å². The molecule has 0 spiro atoms. The van der Waals surface area contributed by atoms with Gasteiger partial charge >= 0.3 is 0 Å². The van der Waals surface area contributed by atoms with E-state index in [1.165, 1.54) is 75.3 Å². The highest BCUT2D eigenvalue weighted by atomic mass is 16.5. The minimum absolute atomic E-state index is 0.748. The fourth-order valence-corrected chi connectivity index (χ4v) is 3.35. The van der Waals surface area contributed by atoms with E-state index in [4.69, 9.17) is 9.47 Å². The van der Waals surface area contributed by atoms with Crippen molar-refractivity contribution in [3.8, 4) is 0 Å². The van der Waals surface area contributed by atoms with Gasteiger partial charge in [0, 0.05) is 13.2 Å². The van der Waals surface area contributed by atoms with E-state index in [-0.39, 0.29) is 0 Å². The van der Waals surface area contributed by atoms with E-state index in [9.17, 15) is 0 Å². The van der Waals surface area contributed by atoms with Crippen LogP contribution in [0.15, 0.2) is 60.7 Å². The molecule has 0 unspecified atom stereocenters. The zero-order valence-electron chi connectivity index (χ0n) is 17.5. The summed E-state index contributed by atoms with van der Waals surface area (Å²) >= 11 is 0. The third-order valence-electron chi connectivity index (χ3n) is 5.05. The van der Waals surface area contributed by atoms with Gasteiger partial charge in [0.1, 0.15) is 0 Å². The lowest BCUT2D eigenvalue weighted by Gasteiger charge is -2.05. The Morgan fingerprint density at radius 2 is 0.714 bits per heavy atom. The second-order valence-corrected chi connectivity index (χ2v) is 7.61. The van der Waals surface area contributed by atoms with Crippen molar-refractivity contribution in [2.45, 2.75) is 77.4 Å². The molecule has 0 saturated carbocycles. The van der Waals surface area contributed by atoms with Crippen LogP contribution in [0.5, 0.6) is 0 Å². The molecule has 0 bridgehead atoms. The summed E-state index contributed by atoms with van der Waals surface area (Å²) in [5.41, 5.74) is 2.54. The van der Waals surface area contributed by atoms with Gasteiger partial charge in [-0.05, 0) is 24.0 Å². The van der Waals surface area contributed by atoms with Gasteiger partial charge in [-0.1, -0.05) is 112 Å². The SMILES string of the molecule is c1ccc(COCCCCCCCCCCCCOCc2ccccc2)cc1. The minimum atomic E-state index is 0.748. The van der Waals surface area contributed by atoms with Crippen LogP contribution in [0, 0.1) is 0 Å². The summed E-state index contributed by atoms with van der Waals surface area (Å²) < 4.78 is 11.5. The van der Waals surface area contributed by atoms with Crippen molar-refractivity contribution in [3.63, 3.8) is 0 Å². The van der Waals surface area contributed by atoms with Gasteiger partial charge in [0.2, 0.25) is 0 Å². The first kappa shape index (κ1) is 22.6. The van der Waals surface area contributed by atoms with Crippen molar-refractivity contribution in [2.75, 3.05) is 13.2 Å². The van der Waals surface area contributed by atoms with Crippen LogP contribution < -0.4 is 0 Å². The zero-order chi connectivity index (χ0) is 19.5. The maximum Gasteiger partial charge on any atom is 0.0716 e. The molecule has 0 aromatic heterocycles. The highest BCUT2D eigenvalue weighted by Crippen LogP contribution is 2.11. The molecular formula is C26H38O2. The Labute approximate surface area is 172 Å². The predicted octanol–water partition coefficient (Wildman–Crippen LogP) is 7.32. The van der Waals surface area contributed by atoms with Gasteiger partial charge in [-0.15, -0.1) is 0 Å². The summed E-state index contributed by atoms with van der Waals surface area (Å²) in [6.07, 6.45) is 13.2. The molecule has 2 heteroatoms. The molecular weight excluding hydrogens is 344 g/mol. The Balaban J connectivity index is 1.25. The first-order valence-electron chi connectivity index (χ1n) is 11.2. The number of hydrogen-bond acceptors (Lipinski definition) is 2. The largest absolute Gasteiger partial charge is 0.377 e. The van der Waals surface area contributed by atoms with Crippen LogP contribution in [0.2, 0.25) is 0 Å². The molecule has 0 amide bonds. The lowest BCUT2D eigenvalue weighted by atomic mass is 10.1. The van der Waals surface area contributed by atoms with Crippen molar-refractivity contribution < 1.29 is 9.47 Å². The molecule has 0 aliphatic heterocycles. The summed E-state index contributed by atoms with van der Waals surface area (Å²) in [4.78, 5) is 0. The monoisotopic (exact) mass is 382 g/mol. The number of rotatable bonds is 17. The van der Waals surface area contributed by atoms with E-state index in [0.29, 0.717) is 0 Å². The van der Waals surface area contributed by atoms with Crippen LogP contribution >= 0.6 is 0 Å². The molecule has 2 aromatic carbocycles. The Bertz CT molecular complexity index is 514. The molecule has 2 aromatic rings. The summed E-state index contributed by atoms with van der Waals surface area (Å²) in [7, 11) is 0. The first-order valence-corrected chi connectivity index (χ1v) is 11.2. The highest BCUT2D eigenvalue weighted by Gasteiger charge is 1.96. The Morgan fingerprint density at radius 1 is 0.393 bits per heavy atom. The highest BCUT2D eigenvalue weighted by molar-refractivity contribution is 5.14. The second-order valence-electron chi connectivity index (χ2n) is 7.61. The van der Waals surface area contributed by atoms with E-state index in [1.54, 1.807) is 0 Å². The van der Waals surface area contributed by atoms with E-state index in [1.807, 2.05) is 12.1 Å². The molecule has 154 valence electrons. The van der Waals surface area contributed by atoms with E-state index in [2.05, 4.69) is 48.5 Å². The average molecular weight is 383 g/mol. The standard InChI is InChI=1S/C26H38O2/c1(3-5-7-15-21-27-23-25-17-11-9-12-18-25)2-4-6-8-16-22-28-24-26-19-13-10-14-20-26/h9-14,17-20H,1-8,15-16,21-24H2. The summed E-state index contributed by atoms with van der Waals surface area (Å²) in [6.45, 7) is 3.28. The Morgan fingerprint density at radius 3 is 1.07 bits per heavy atom. The lowest BCUT2D eigenvalue weighted by Crippen LogP contribution is -1.95. The van der Waals surface area contributed by atoms with Crippen LogP contribution in [0.1, 0.15) is 75.3 Å². The van der Waals surface area contributed by atoms with Gasteiger partial charge in [-0.25, -0.2) is 0 Å². The molecule has 0 radical (unpaired) electrons. The number of ether oxygens (including phenoxy) is 2. The maximum absolute atomic E-state index is 5.73. The fourth-order valence-electron chi connectivity index (χ4n) is 3.35. The van der Waals surface area contributed by atoms with Gasteiger partial charge in [-0.3, -0.25) is 0 Å². The molecule has 2 rings (SSSR count). The quantitative estimate of drug-likeness (QED) is 0.267. The van der Waals surface area contributed by atoms with Crippen LogP contribution in [-0.4, -0.2) is 13.2 Å². The van der Waals surface area contributed by atoms with Crippen molar-refractivity contribution in [1.29, 1.82) is 0 Å². The van der Waals surface area contributed by atoms with Crippen LogP contribution in [0.4, 0.5) is 0 Å². The van der Waals surface area contributed by atoms with Crippen molar-refractivity contribution in [1.82, 2.24) is 0 Å². The van der Waals surface area contributed by atoms with Gasteiger partial charge in [0.25, 0.3) is 0 Å². The topological polar surface area (TPSA) is 18.5 Å². The van der Waals surface area contributed by atoms with Crippen molar-refractivity contribution in [2.24, 2.45) is 0 Å². The number of benzene rings is 2. The maximum atomic E-state index is 5.73. The van der Waals surface area contributed by atoms with E-state index in [0.717, 1.165) is 26.4 Å². The van der Waals surface area contributed by atoms with Gasteiger partial charge < -0.3 is 9.47 Å². The zero-order valence-corrected chi connectivity index (χ0v) is 17.5. The molecule has 0 fully saturated rings. The molecule has 0 saturated heterocycles. The molecule has 0 N–H and O–H groups in total. The number of hydrogen-bond donors (Lipinski definition) is 0. The molecule has 28 heavy (non-hydrogen) atoms. The summed E-state index contributed by atoms with van der Waals surface area (Å²) in [5, 5.41) is 0. The van der Waals surface area contributed by atoms with Gasteiger partial charge in [0.15, 0.2) is 0 Å². The molecule has 2 nitrogen and oxygen atoms in total. The van der Waals surface area contributed by atoms with Crippen LogP contribution in [0.25, 0.3) is 0 Å². The van der Waals surface area contributed by atoms with E-state index < -0.39 is 0 Å². The molecule has 0 aliphatic carbocycles. The minimum Gasteiger partial charge on any atom is -0.377 e. The molecule has 0 aliphatic rings.